The predicted molar refractivity (Wildman–Crippen MR) is 86.7 cm³/mol. The molecule has 1 aliphatic rings. The van der Waals surface area contributed by atoms with Crippen LogP contribution in [0, 0.1) is 6.92 Å². The van der Waals surface area contributed by atoms with Gasteiger partial charge in [0.25, 0.3) is 0 Å². The Kier molecular flexibility index (Phi) is 5.99. The fourth-order valence-corrected chi connectivity index (χ4v) is 2.81. The van der Waals surface area contributed by atoms with Gasteiger partial charge in [0.2, 0.25) is 5.96 Å². The molecule has 0 aliphatic heterocycles. The van der Waals surface area contributed by atoms with E-state index in [4.69, 9.17) is 10.8 Å². The van der Waals surface area contributed by atoms with Crippen molar-refractivity contribution in [3.8, 4) is 0 Å². The highest BCUT2D eigenvalue weighted by atomic mass is 15.4. The van der Waals surface area contributed by atoms with Gasteiger partial charge in [-0.3, -0.25) is 10.4 Å². The van der Waals surface area contributed by atoms with E-state index in [1.807, 2.05) is 25.1 Å². The number of nitrogens with zero attached hydrogens (tertiary/aromatic N) is 3. The van der Waals surface area contributed by atoms with Gasteiger partial charge in [0, 0.05) is 12.2 Å². The molecule has 1 aromatic rings. The molecule has 0 bridgehead atoms. The normalized spacial score (nSPS) is 16.8. The molecular weight excluding hydrogens is 262 g/mol. The van der Waals surface area contributed by atoms with E-state index in [0.717, 1.165) is 30.4 Å². The lowest BCUT2D eigenvalue weighted by Crippen LogP contribution is -2.45. The number of nitrogens with one attached hydrogen (secondary N) is 1. The van der Waals surface area contributed by atoms with E-state index in [1.165, 1.54) is 32.1 Å². The van der Waals surface area contributed by atoms with Crippen LogP contribution >= 0.6 is 0 Å². The van der Waals surface area contributed by atoms with Crippen molar-refractivity contribution in [3.63, 3.8) is 0 Å². The molecule has 3 N–H and O–H groups in total. The molecule has 1 aromatic heterocycles. The third-order valence-corrected chi connectivity index (χ3v) is 3.99. The summed E-state index contributed by atoms with van der Waals surface area (Å²) in [5, 5.41) is 0. The topological polar surface area (TPSA) is 66.5 Å². The third kappa shape index (κ3) is 4.70. The van der Waals surface area contributed by atoms with E-state index < -0.39 is 0 Å². The first-order valence-corrected chi connectivity index (χ1v) is 7.94. The minimum Gasteiger partial charge on any atom is -0.336 e. The molecular formula is C16H27N5. The molecule has 1 fully saturated rings. The second-order valence-electron chi connectivity index (χ2n) is 5.67. The van der Waals surface area contributed by atoms with Gasteiger partial charge in [-0.15, -0.1) is 0 Å². The van der Waals surface area contributed by atoms with Crippen LogP contribution in [-0.4, -0.2) is 28.4 Å². The fraction of sp³-hybridized carbons (Fsp3) is 0.625. The van der Waals surface area contributed by atoms with Gasteiger partial charge in [0.05, 0.1) is 18.3 Å². The summed E-state index contributed by atoms with van der Waals surface area (Å²) in [5.41, 5.74) is 4.87. The van der Waals surface area contributed by atoms with Crippen LogP contribution < -0.4 is 11.3 Å². The molecule has 0 radical (unpaired) electrons. The minimum atomic E-state index is 0.407. The second kappa shape index (κ2) is 7.98. The van der Waals surface area contributed by atoms with Crippen LogP contribution in [0.3, 0.4) is 0 Å². The van der Waals surface area contributed by atoms with Crippen LogP contribution in [0.4, 0.5) is 0 Å². The number of pyridine rings is 1. The molecule has 0 spiro atoms. The Morgan fingerprint density at radius 2 is 2.14 bits per heavy atom. The molecule has 1 saturated carbocycles. The Balaban J connectivity index is 2.07. The number of hydrazine groups is 1. The number of nitrogens with two attached hydrogens (primary N) is 1. The zero-order valence-electron chi connectivity index (χ0n) is 13.2. The lowest BCUT2D eigenvalue weighted by molar-refractivity contribution is 0.393. The van der Waals surface area contributed by atoms with E-state index in [2.05, 4.69) is 22.2 Å². The van der Waals surface area contributed by atoms with Crippen LogP contribution in [0.25, 0.3) is 0 Å². The number of guanidine groups is 1. The summed E-state index contributed by atoms with van der Waals surface area (Å²) in [4.78, 5) is 11.5. The second-order valence-corrected chi connectivity index (χ2v) is 5.67. The number of aromatic nitrogens is 1. The first-order chi connectivity index (χ1) is 10.2. The molecule has 0 amide bonds. The number of hydrogen-bond acceptors (Lipinski definition) is 3. The molecule has 2 rings (SSSR count). The molecule has 1 heterocycles. The molecule has 5 nitrogen and oxygen atoms in total. The fourth-order valence-electron chi connectivity index (χ4n) is 2.81. The van der Waals surface area contributed by atoms with E-state index in [1.54, 1.807) is 0 Å². The van der Waals surface area contributed by atoms with Crippen molar-refractivity contribution in [1.29, 1.82) is 0 Å². The smallest absolute Gasteiger partial charge is 0.209 e. The van der Waals surface area contributed by atoms with Gasteiger partial charge in [0.15, 0.2) is 0 Å². The maximum atomic E-state index is 5.71. The van der Waals surface area contributed by atoms with Crippen molar-refractivity contribution >= 4 is 5.96 Å². The van der Waals surface area contributed by atoms with Gasteiger partial charge in [-0.1, -0.05) is 25.3 Å². The van der Waals surface area contributed by atoms with E-state index >= 15 is 0 Å². The largest absolute Gasteiger partial charge is 0.336 e. The lowest BCUT2D eigenvalue weighted by atomic mass is 9.96. The maximum absolute atomic E-state index is 5.71. The first-order valence-electron chi connectivity index (χ1n) is 7.94. The van der Waals surface area contributed by atoms with E-state index in [-0.39, 0.29) is 0 Å². The first kappa shape index (κ1) is 15.8. The van der Waals surface area contributed by atoms with Crippen molar-refractivity contribution in [2.45, 2.75) is 58.5 Å². The van der Waals surface area contributed by atoms with Crippen LogP contribution in [-0.2, 0) is 6.54 Å². The van der Waals surface area contributed by atoms with Gasteiger partial charge in [-0.25, -0.2) is 10.8 Å². The molecule has 116 valence electrons. The summed E-state index contributed by atoms with van der Waals surface area (Å²) in [5.74, 6) is 6.49. The molecule has 0 saturated heterocycles. The van der Waals surface area contributed by atoms with Gasteiger partial charge in [-0.05, 0) is 38.8 Å². The Bertz CT molecular complexity index is 465. The number of hydrogen-bond donors (Lipinski definition) is 2. The quantitative estimate of drug-likeness (QED) is 0.386. The molecule has 1 aliphatic carbocycles. The minimum absolute atomic E-state index is 0.407. The highest BCUT2D eigenvalue weighted by Gasteiger charge is 2.16. The highest BCUT2D eigenvalue weighted by Crippen LogP contribution is 2.20. The molecule has 0 atom stereocenters. The summed E-state index contributed by atoms with van der Waals surface area (Å²) < 4.78 is 0. The Hall–Kier alpha value is -1.62. The lowest BCUT2D eigenvalue weighted by Gasteiger charge is -2.26. The summed E-state index contributed by atoms with van der Waals surface area (Å²) in [6, 6.07) is 6.51. The Morgan fingerprint density at radius 3 is 2.76 bits per heavy atom. The SMILES string of the molecule is CCN(Cc1cccc(C)n1)C(=NC1CCCCC1)NN. The summed E-state index contributed by atoms with van der Waals surface area (Å²) in [6.45, 7) is 5.71. The van der Waals surface area contributed by atoms with Gasteiger partial charge in [-0.2, -0.15) is 0 Å². The van der Waals surface area contributed by atoms with Crippen molar-refractivity contribution < 1.29 is 0 Å². The van der Waals surface area contributed by atoms with Crippen LogP contribution in [0.1, 0.15) is 50.4 Å². The monoisotopic (exact) mass is 289 g/mol. The number of aliphatic imine (C=N–C) groups is 1. The molecule has 0 aromatic carbocycles. The van der Waals surface area contributed by atoms with Gasteiger partial charge in [0.1, 0.15) is 0 Å². The number of rotatable bonds is 4. The van der Waals surface area contributed by atoms with Crippen molar-refractivity contribution in [3.05, 3.63) is 29.6 Å². The zero-order chi connectivity index (χ0) is 15.1. The van der Waals surface area contributed by atoms with Gasteiger partial charge < -0.3 is 4.90 Å². The standard InChI is InChI=1S/C16H27N5/c1-3-21(12-15-11-7-8-13(2)18-15)16(20-17)19-14-9-5-4-6-10-14/h7-8,11,14H,3-6,9-10,12,17H2,1-2H3,(H,19,20). The summed E-state index contributed by atoms with van der Waals surface area (Å²) in [7, 11) is 0. The summed E-state index contributed by atoms with van der Waals surface area (Å²) >= 11 is 0. The van der Waals surface area contributed by atoms with Crippen LogP contribution in [0.5, 0.6) is 0 Å². The molecule has 5 heteroatoms. The van der Waals surface area contributed by atoms with E-state index in [9.17, 15) is 0 Å². The van der Waals surface area contributed by atoms with Crippen molar-refractivity contribution in [1.82, 2.24) is 15.3 Å². The summed E-state index contributed by atoms with van der Waals surface area (Å²) in [6.07, 6.45) is 6.23. The average molecular weight is 289 g/mol. The molecule has 0 unspecified atom stereocenters. The average Bonchev–Trinajstić information content (AvgIpc) is 2.51. The van der Waals surface area contributed by atoms with Crippen molar-refractivity contribution in [2.75, 3.05) is 6.54 Å². The third-order valence-electron chi connectivity index (χ3n) is 3.99. The predicted octanol–water partition coefficient (Wildman–Crippen LogP) is 2.36. The van der Waals surface area contributed by atoms with Crippen LogP contribution in [0.15, 0.2) is 23.2 Å². The van der Waals surface area contributed by atoms with Crippen molar-refractivity contribution in [2.24, 2.45) is 10.8 Å². The maximum Gasteiger partial charge on any atom is 0.209 e. The van der Waals surface area contributed by atoms with Crippen LogP contribution in [0.2, 0.25) is 0 Å². The molecule has 21 heavy (non-hydrogen) atoms. The Labute approximate surface area is 127 Å². The Morgan fingerprint density at radius 1 is 1.38 bits per heavy atom. The van der Waals surface area contributed by atoms with Gasteiger partial charge >= 0.3 is 0 Å². The number of aryl methyl sites for hydroxylation is 1. The van der Waals surface area contributed by atoms with E-state index in [0.29, 0.717) is 6.04 Å². The highest BCUT2D eigenvalue weighted by molar-refractivity contribution is 5.79. The zero-order valence-corrected chi connectivity index (χ0v) is 13.2.